The van der Waals surface area contributed by atoms with Crippen molar-refractivity contribution in [2.45, 2.75) is 13.8 Å². The zero-order valence-corrected chi connectivity index (χ0v) is 15.0. The quantitative estimate of drug-likeness (QED) is 0.466. The lowest BCUT2D eigenvalue weighted by Crippen LogP contribution is -1.99. The molecule has 0 spiro atoms. The van der Waals surface area contributed by atoms with Gasteiger partial charge in [-0.3, -0.25) is 0 Å². The highest BCUT2D eigenvalue weighted by Crippen LogP contribution is 2.24. The first-order valence-electron chi connectivity index (χ1n) is 8.82. The highest BCUT2D eigenvalue weighted by Gasteiger charge is 2.11. The Labute approximate surface area is 154 Å². The van der Waals surface area contributed by atoms with Crippen LogP contribution in [0.25, 0.3) is 34.2 Å². The number of hydrogen-bond donors (Lipinski definition) is 0. The minimum Gasteiger partial charge on any atom is -0.208 e. The molecule has 1 aromatic heterocycles. The number of nitrogens with zero attached hydrogens (tertiary/aromatic N) is 3. The molecule has 4 aromatic rings. The largest absolute Gasteiger partial charge is 0.208 e. The van der Waals surface area contributed by atoms with Crippen LogP contribution in [0, 0.1) is 0 Å². The van der Waals surface area contributed by atoms with Gasteiger partial charge >= 0.3 is 0 Å². The molecule has 0 radical (unpaired) electrons. The summed E-state index contributed by atoms with van der Waals surface area (Å²) in [5.74, 6) is 2.05. The van der Waals surface area contributed by atoms with E-state index in [9.17, 15) is 0 Å². The third-order valence-corrected chi connectivity index (χ3v) is 3.73. The molecule has 0 N–H and O–H groups in total. The van der Waals surface area contributed by atoms with Gasteiger partial charge in [-0.2, -0.15) is 0 Å². The summed E-state index contributed by atoms with van der Waals surface area (Å²) >= 11 is 0. The van der Waals surface area contributed by atoms with Gasteiger partial charge < -0.3 is 0 Å². The zero-order valence-electron chi connectivity index (χ0n) is 15.0. The average Bonchev–Trinajstić information content (AvgIpc) is 2.77. The normalized spacial score (nSPS) is 9.92. The van der Waals surface area contributed by atoms with Crippen molar-refractivity contribution >= 4 is 0 Å². The first kappa shape index (κ1) is 17.5. The Balaban J connectivity index is 0.000000948. The van der Waals surface area contributed by atoms with E-state index in [0.29, 0.717) is 17.5 Å². The van der Waals surface area contributed by atoms with Crippen molar-refractivity contribution in [3.63, 3.8) is 0 Å². The summed E-state index contributed by atoms with van der Waals surface area (Å²) in [7, 11) is 0. The van der Waals surface area contributed by atoms with Gasteiger partial charge in [-0.1, -0.05) is 105 Å². The molecule has 0 aliphatic heterocycles. The van der Waals surface area contributed by atoms with E-state index in [-0.39, 0.29) is 0 Å². The van der Waals surface area contributed by atoms with E-state index >= 15 is 0 Å². The van der Waals surface area contributed by atoms with E-state index in [1.807, 2.05) is 105 Å². The smallest absolute Gasteiger partial charge is 0.164 e. The molecule has 0 saturated carbocycles. The lowest BCUT2D eigenvalue weighted by molar-refractivity contribution is 1.07. The molecule has 0 saturated heterocycles. The first-order valence-corrected chi connectivity index (χ1v) is 8.82. The maximum Gasteiger partial charge on any atom is 0.164 e. The Morgan fingerprint density at radius 1 is 0.385 bits per heavy atom. The third kappa shape index (κ3) is 4.01. The number of benzene rings is 3. The summed E-state index contributed by atoms with van der Waals surface area (Å²) in [5.41, 5.74) is 2.94. The molecule has 0 aliphatic carbocycles. The molecule has 0 unspecified atom stereocenters. The fraction of sp³-hybridized carbons (Fsp3) is 0.0870. The Morgan fingerprint density at radius 2 is 0.615 bits per heavy atom. The highest BCUT2D eigenvalue weighted by atomic mass is 15.0. The van der Waals surface area contributed by atoms with Gasteiger partial charge in [-0.25, -0.2) is 15.0 Å². The van der Waals surface area contributed by atoms with E-state index in [4.69, 9.17) is 0 Å². The zero-order chi connectivity index (χ0) is 18.2. The predicted octanol–water partition coefficient (Wildman–Crippen LogP) is 5.90. The number of hydrogen-bond acceptors (Lipinski definition) is 3. The molecule has 3 nitrogen and oxygen atoms in total. The second kappa shape index (κ2) is 8.67. The standard InChI is InChI=1S/C21H15N3.C2H6/c1-4-10-16(11-5-1)19-22-20(17-12-6-2-7-13-17)24-21(23-19)18-14-8-3-9-15-18;1-2/h1-15H;1-2H3. The Hall–Kier alpha value is -3.33. The summed E-state index contributed by atoms with van der Waals surface area (Å²) in [6.07, 6.45) is 0. The molecule has 3 heteroatoms. The molecular formula is C23H21N3. The minimum absolute atomic E-state index is 0.684. The maximum atomic E-state index is 4.68. The third-order valence-electron chi connectivity index (χ3n) is 3.73. The molecule has 1 heterocycles. The molecule has 0 aliphatic rings. The van der Waals surface area contributed by atoms with Gasteiger partial charge in [0.25, 0.3) is 0 Å². The summed E-state index contributed by atoms with van der Waals surface area (Å²) in [6.45, 7) is 4.00. The molecule has 128 valence electrons. The van der Waals surface area contributed by atoms with Crippen LogP contribution in [0.3, 0.4) is 0 Å². The van der Waals surface area contributed by atoms with Gasteiger partial charge in [0.05, 0.1) is 0 Å². The van der Waals surface area contributed by atoms with Crippen molar-refractivity contribution < 1.29 is 0 Å². The Bertz CT molecular complexity index is 797. The van der Waals surface area contributed by atoms with E-state index in [2.05, 4.69) is 15.0 Å². The van der Waals surface area contributed by atoms with Gasteiger partial charge in [0, 0.05) is 16.7 Å². The van der Waals surface area contributed by atoms with Crippen molar-refractivity contribution in [2.75, 3.05) is 0 Å². The van der Waals surface area contributed by atoms with Crippen LogP contribution in [0.4, 0.5) is 0 Å². The van der Waals surface area contributed by atoms with Crippen LogP contribution >= 0.6 is 0 Å². The van der Waals surface area contributed by atoms with Gasteiger partial charge in [-0.15, -0.1) is 0 Å². The molecule has 4 rings (SSSR count). The molecule has 3 aromatic carbocycles. The van der Waals surface area contributed by atoms with E-state index in [1.165, 1.54) is 0 Å². The fourth-order valence-electron chi connectivity index (χ4n) is 2.52. The maximum absolute atomic E-state index is 4.68. The van der Waals surface area contributed by atoms with Crippen LogP contribution in [-0.2, 0) is 0 Å². The van der Waals surface area contributed by atoms with Gasteiger partial charge in [0.15, 0.2) is 17.5 Å². The molecule has 26 heavy (non-hydrogen) atoms. The second-order valence-corrected chi connectivity index (χ2v) is 5.40. The van der Waals surface area contributed by atoms with Crippen molar-refractivity contribution in [3.8, 4) is 34.2 Å². The molecule has 0 amide bonds. The minimum atomic E-state index is 0.684. The number of rotatable bonds is 3. The van der Waals surface area contributed by atoms with E-state index < -0.39 is 0 Å². The Morgan fingerprint density at radius 3 is 0.846 bits per heavy atom. The van der Waals surface area contributed by atoms with Crippen molar-refractivity contribution in [1.82, 2.24) is 15.0 Å². The van der Waals surface area contributed by atoms with Gasteiger partial charge in [0.2, 0.25) is 0 Å². The summed E-state index contributed by atoms with van der Waals surface area (Å²) in [5, 5.41) is 0. The van der Waals surface area contributed by atoms with Crippen LogP contribution in [0.1, 0.15) is 13.8 Å². The number of aromatic nitrogens is 3. The first-order chi connectivity index (χ1) is 12.9. The lowest BCUT2D eigenvalue weighted by Gasteiger charge is -2.08. The van der Waals surface area contributed by atoms with Crippen molar-refractivity contribution in [2.24, 2.45) is 0 Å². The topological polar surface area (TPSA) is 38.7 Å². The van der Waals surface area contributed by atoms with Gasteiger partial charge in [0.1, 0.15) is 0 Å². The lowest BCUT2D eigenvalue weighted by atomic mass is 10.1. The van der Waals surface area contributed by atoms with Crippen LogP contribution in [0.2, 0.25) is 0 Å². The molecule has 0 bridgehead atoms. The van der Waals surface area contributed by atoms with Gasteiger partial charge in [-0.05, 0) is 0 Å². The summed E-state index contributed by atoms with van der Waals surface area (Å²) in [6, 6.07) is 30.0. The Kier molecular flexibility index (Phi) is 5.84. The van der Waals surface area contributed by atoms with E-state index in [0.717, 1.165) is 16.7 Å². The fourth-order valence-corrected chi connectivity index (χ4v) is 2.52. The second-order valence-electron chi connectivity index (χ2n) is 5.40. The van der Waals surface area contributed by atoms with Crippen LogP contribution in [0.15, 0.2) is 91.0 Å². The monoisotopic (exact) mass is 339 g/mol. The summed E-state index contributed by atoms with van der Waals surface area (Å²) in [4.78, 5) is 14.0. The summed E-state index contributed by atoms with van der Waals surface area (Å²) < 4.78 is 0. The highest BCUT2D eigenvalue weighted by molar-refractivity contribution is 5.66. The van der Waals surface area contributed by atoms with Crippen LogP contribution < -0.4 is 0 Å². The average molecular weight is 339 g/mol. The van der Waals surface area contributed by atoms with Crippen molar-refractivity contribution in [3.05, 3.63) is 91.0 Å². The van der Waals surface area contributed by atoms with E-state index in [1.54, 1.807) is 0 Å². The molecular weight excluding hydrogens is 318 g/mol. The molecule has 0 fully saturated rings. The molecule has 0 atom stereocenters. The SMILES string of the molecule is CC.c1ccc(-c2nc(-c3ccccc3)nc(-c3ccccc3)n2)cc1. The van der Waals surface area contributed by atoms with Crippen LogP contribution in [0.5, 0.6) is 0 Å². The van der Waals surface area contributed by atoms with Crippen molar-refractivity contribution in [1.29, 1.82) is 0 Å². The van der Waals surface area contributed by atoms with Crippen LogP contribution in [-0.4, -0.2) is 15.0 Å². The predicted molar refractivity (Wildman–Crippen MR) is 107 cm³/mol.